The molecule has 0 N–H and O–H groups in total. The molecule has 0 aliphatic carbocycles. The van der Waals surface area contributed by atoms with E-state index in [2.05, 4.69) is 18.2 Å². The third kappa shape index (κ3) is 1.67. The molecule has 0 bridgehead atoms. The number of carbonyl (C=O) groups excluding carboxylic acids is 1. The van der Waals surface area contributed by atoms with Gasteiger partial charge in [0.15, 0.2) is 0 Å². The quantitative estimate of drug-likeness (QED) is 0.633. The first-order chi connectivity index (χ1) is 12.3. The summed E-state index contributed by atoms with van der Waals surface area (Å²) in [6.07, 6.45) is -0.322. The molecule has 1 amide bonds. The molecule has 0 fully saturated rings. The van der Waals surface area contributed by atoms with Crippen LogP contribution in [-0.4, -0.2) is 13.2 Å². The standard InChI is InChI=1S/C20H16NO3P/c1-23-20(22)21-15-10-7-12-17-19(15)25(21,14-8-3-2-4-9-14)18-13-6-5-11-16(18)24-17/h2-13,25H,1H3. The number of methoxy groups -OCH3 is 1. The summed E-state index contributed by atoms with van der Waals surface area (Å²) in [6.45, 7) is 0. The van der Waals surface area contributed by atoms with E-state index in [1.807, 2.05) is 59.3 Å². The van der Waals surface area contributed by atoms with Crippen LogP contribution in [0.1, 0.15) is 0 Å². The Morgan fingerprint density at radius 3 is 2.44 bits per heavy atom. The van der Waals surface area contributed by atoms with E-state index in [0.29, 0.717) is 0 Å². The van der Waals surface area contributed by atoms with Crippen LogP contribution in [0.3, 0.4) is 0 Å². The SMILES string of the molecule is COC(=O)N1c2cccc3c2[PH]1(c1ccccc1)c1ccccc1O3. The van der Waals surface area contributed by atoms with Gasteiger partial charge < -0.3 is 0 Å². The van der Waals surface area contributed by atoms with Crippen LogP contribution in [0.2, 0.25) is 0 Å². The molecule has 3 aromatic rings. The fourth-order valence-electron chi connectivity index (χ4n) is 4.06. The van der Waals surface area contributed by atoms with Gasteiger partial charge in [-0.2, -0.15) is 0 Å². The minimum atomic E-state index is -2.67. The third-order valence-corrected chi connectivity index (χ3v) is 9.67. The number of anilines is 1. The maximum absolute atomic E-state index is 12.7. The molecule has 0 atom stereocenters. The molecule has 5 heteroatoms. The number of hydrogen-bond acceptors (Lipinski definition) is 3. The molecule has 0 saturated carbocycles. The van der Waals surface area contributed by atoms with Gasteiger partial charge in [0, 0.05) is 0 Å². The molecule has 124 valence electrons. The summed E-state index contributed by atoms with van der Waals surface area (Å²) >= 11 is 0. The molecular formula is C20H16NO3P. The van der Waals surface area contributed by atoms with Crippen molar-refractivity contribution >= 4 is 35.1 Å². The van der Waals surface area contributed by atoms with Gasteiger partial charge in [-0.05, 0) is 0 Å². The topological polar surface area (TPSA) is 38.8 Å². The Kier molecular flexibility index (Phi) is 2.94. The second-order valence-corrected chi connectivity index (χ2v) is 9.61. The second-order valence-electron chi connectivity index (χ2n) is 6.13. The first-order valence-electron chi connectivity index (χ1n) is 8.13. The van der Waals surface area contributed by atoms with Gasteiger partial charge in [0.05, 0.1) is 0 Å². The van der Waals surface area contributed by atoms with Gasteiger partial charge in [-0.3, -0.25) is 0 Å². The van der Waals surface area contributed by atoms with E-state index in [1.165, 1.54) is 7.11 Å². The molecule has 2 aliphatic heterocycles. The Balaban J connectivity index is 1.91. The number of amides is 1. The predicted molar refractivity (Wildman–Crippen MR) is 102 cm³/mol. The number of rotatable bonds is 1. The van der Waals surface area contributed by atoms with Crippen molar-refractivity contribution < 1.29 is 14.3 Å². The van der Waals surface area contributed by atoms with E-state index >= 15 is 0 Å². The Bertz CT molecular complexity index is 1000. The van der Waals surface area contributed by atoms with E-state index in [-0.39, 0.29) is 6.09 Å². The Labute approximate surface area is 146 Å². The minimum absolute atomic E-state index is 0.322. The molecule has 25 heavy (non-hydrogen) atoms. The molecule has 0 saturated heterocycles. The summed E-state index contributed by atoms with van der Waals surface area (Å²) in [5.74, 6) is 1.66. The van der Waals surface area contributed by atoms with Crippen molar-refractivity contribution in [3.05, 3.63) is 72.8 Å². The zero-order valence-corrected chi connectivity index (χ0v) is 14.6. The maximum atomic E-state index is 12.7. The Morgan fingerprint density at radius 1 is 0.920 bits per heavy atom. The molecular weight excluding hydrogens is 333 g/mol. The Hall–Kier alpha value is -2.84. The monoisotopic (exact) mass is 349 g/mol. The van der Waals surface area contributed by atoms with Gasteiger partial charge in [-0.1, -0.05) is 0 Å². The Morgan fingerprint density at radius 2 is 1.64 bits per heavy atom. The summed E-state index contributed by atoms with van der Waals surface area (Å²) < 4.78 is 13.2. The molecule has 2 heterocycles. The fourth-order valence-corrected chi connectivity index (χ4v) is 8.96. The summed E-state index contributed by atoms with van der Waals surface area (Å²) in [5.41, 5.74) is 0.884. The van der Waals surface area contributed by atoms with Crippen molar-refractivity contribution in [3.8, 4) is 11.5 Å². The average Bonchev–Trinajstić information content (AvgIpc) is 2.66. The van der Waals surface area contributed by atoms with Gasteiger partial charge in [0.25, 0.3) is 0 Å². The van der Waals surface area contributed by atoms with Crippen LogP contribution in [-0.2, 0) is 4.74 Å². The second kappa shape index (κ2) is 5.08. The molecule has 0 radical (unpaired) electrons. The first kappa shape index (κ1) is 14.5. The summed E-state index contributed by atoms with van der Waals surface area (Å²) in [7, 11) is -1.24. The molecule has 0 aromatic heterocycles. The van der Waals surface area contributed by atoms with Crippen LogP contribution in [0.15, 0.2) is 72.8 Å². The number of para-hydroxylation sites is 1. The van der Waals surface area contributed by atoms with E-state index in [9.17, 15) is 4.79 Å². The van der Waals surface area contributed by atoms with E-state index in [0.717, 1.165) is 33.1 Å². The van der Waals surface area contributed by atoms with Crippen LogP contribution < -0.4 is 25.3 Å². The number of nitrogens with zero attached hydrogens (tertiary/aromatic N) is 1. The van der Waals surface area contributed by atoms with Crippen LogP contribution >= 0.6 is 7.41 Å². The van der Waals surface area contributed by atoms with Crippen molar-refractivity contribution in [2.24, 2.45) is 0 Å². The number of benzene rings is 3. The molecule has 2 aliphatic rings. The van der Waals surface area contributed by atoms with Crippen molar-refractivity contribution in [3.63, 3.8) is 0 Å². The van der Waals surface area contributed by atoms with Crippen LogP contribution in [0, 0.1) is 0 Å². The number of fused-ring (bicyclic) bond motifs is 2. The van der Waals surface area contributed by atoms with Crippen molar-refractivity contribution in [1.82, 2.24) is 0 Å². The van der Waals surface area contributed by atoms with Gasteiger partial charge in [0.1, 0.15) is 0 Å². The van der Waals surface area contributed by atoms with Gasteiger partial charge in [-0.15, -0.1) is 0 Å². The van der Waals surface area contributed by atoms with Crippen LogP contribution in [0.4, 0.5) is 10.5 Å². The van der Waals surface area contributed by atoms with Crippen LogP contribution in [0.5, 0.6) is 11.5 Å². The molecule has 0 unspecified atom stereocenters. The molecule has 3 aromatic carbocycles. The fraction of sp³-hybridized carbons (Fsp3) is 0.0500. The first-order valence-corrected chi connectivity index (χ1v) is 10.1. The van der Waals surface area contributed by atoms with Crippen molar-refractivity contribution in [2.75, 3.05) is 11.8 Å². The van der Waals surface area contributed by atoms with E-state index in [1.54, 1.807) is 0 Å². The van der Waals surface area contributed by atoms with E-state index < -0.39 is 7.41 Å². The summed E-state index contributed by atoms with van der Waals surface area (Å²) in [5, 5.41) is 3.37. The molecule has 4 nitrogen and oxygen atoms in total. The van der Waals surface area contributed by atoms with E-state index in [4.69, 9.17) is 9.47 Å². The zero-order valence-electron chi connectivity index (χ0n) is 13.6. The number of hydrogen-bond donors (Lipinski definition) is 0. The van der Waals surface area contributed by atoms with Gasteiger partial charge in [-0.25, -0.2) is 0 Å². The predicted octanol–water partition coefficient (Wildman–Crippen LogP) is 3.32. The normalized spacial score (nSPS) is 16.6. The average molecular weight is 349 g/mol. The molecule has 5 rings (SSSR count). The van der Waals surface area contributed by atoms with Crippen molar-refractivity contribution in [1.29, 1.82) is 0 Å². The third-order valence-electron chi connectivity index (χ3n) is 4.99. The zero-order chi connectivity index (χ0) is 17.0. The van der Waals surface area contributed by atoms with Crippen molar-refractivity contribution in [2.45, 2.75) is 0 Å². The van der Waals surface area contributed by atoms with Gasteiger partial charge in [0.2, 0.25) is 0 Å². The number of ether oxygens (including phenoxy) is 2. The number of carbonyl (C=O) groups is 1. The summed E-state index contributed by atoms with van der Waals surface area (Å²) in [4.78, 5) is 12.7. The van der Waals surface area contributed by atoms with Crippen LogP contribution in [0.25, 0.3) is 0 Å². The van der Waals surface area contributed by atoms with Gasteiger partial charge >= 0.3 is 145 Å². The summed E-state index contributed by atoms with van der Waals surface area (Å²) in [6, 6.07) is 24.1. The molecule has 0 spiro atoms.